The third-order valence-electron chi connectivity index (χ3n) is 2.64. The minimum absolute atomic E-state index is 0.103. The molecule has 0 fully saturated rings. The molecule has 0 aromatic carbocycles. The average molecular weight is 238 g/mol. The molecule has 2 rings (SSSR count). The van der Waals surface area contributed by atoms with Crippen molar-refractivity contribution >= 4 is 17.7 Å². The molecule has 0 bridgehead atoms. The third kappa shape index (κ3) is 2.52. The van der Waals surface area contributed by atoms with Gasteiger partial charge in [0.2, 0.25) is 0 Å². The Morgan fingerprint density at radius 1 is 1.50 bits per heavy atom. The molecule has 0 radical (unpaired) electrons. The average Bonchev–Trinajstić information content (AvgIpc) is 2.26. The number of aromatic nitrogens is 2. The number of aryl methyl sites for hydroxylation is 2. The fourth-order valence-corrected chi connectivity index (χ4v) is 2.76. The lowest BCUT2D eigenvalue weighted by molar-refractivity contribution is -0.137. The summed E-state index contributed by atoms with van der Waals surface area (Å²) in [5.74, 6) is 1.93. The first-order chi connectivity index (χ1) is 7.66. The molecule has 0 saturated heterocycles. The molecule has 1 aliphatic rings. The molecule has 86 valence electrons. The van der Waals surface area contributed by atoms with Gasteiger partial charge in [-0.3, -0.25) is 4.79 Å². The molecule has 1 aliphatic heterocycles. The van der Waals surface area contributed by atoms with Crippen LogP contribution in [-0.2, 0) is 23.4 Å². The highest BCUT2D eigenvalue weighted by Crippen LogP contribution is 2.24. The first kappa shape index (κ1) is 11.4. The maximum atomic E-state index is 10.5. The highest BCUT2D eigenvalue weighted by atomic mass is 32.2. The van der Waals surface area contributed by atoms with Crippen LogP contribution in [0.2, 0.25) is 0 Å². The number of hydrogen-bond donors (Lipinski definition) is 1. The standard InChI is InChI=1S/C11H14N2O2S/c1-7-8-4-5-16-6-9(8)13-10(12-7)2-3-11(14)15/h2-6H2,1H3,(H,14,15). The second kappa shape index (κ2) is 4.82. The SMILES string of the molecule is Cc1nc(CCC(=O)O)nc2c1CCSC2. The predicted molar refractivity (Wildman–Crippen MR) is 62.6 cm³/mol. The summed E-state index contributed by atoms with van der Waals surface area (Å²) in [5.41, 5.74) is 3.38. The Labute approximate surface area is 98.5 Å². The second-order valence-corrected chi connectivity index (χ2v) is 4.95. The Bertz CT molecular complexity index is 421. The molecule has 4 nitrogen and oxygen atoms in total. The minimum atomic E-state index is -0.798. The molecule has 1 N–H and O–H groups in total. The maximum Gasteiger partial charge on any atom is 0.303 e. The highest BCUT2D eigenvalue weighted by molar-refractivity contribution is 7.98. The minimum Gasteiger partial charge on any atom is -0.481 e. The molecule has 0 amide bonds. The molecular formula is C11H14N2O2S. The molecule has 16 heavy (non-hydrogen) atoms. The first-order valence-electron chi connectivity index (χ1n) is 5.31. The van der Waals surface area contributed by atoms with Crippen LogP contribution in [-0.4, -0.2) is 26.8 Å². The Morgan fingerprint density at radius 3 is 3.06 bits per heavy atom. The fraction of sp³-hybridized carbons (Fsp3) is 0.545. The summed E-state index contributed by atoms with van der Waals surface area (Å²) in [6.07, 6.45) is 1.56. The Hall–Kier alpha value is -1.10. The van der Waals surface area contributed by atoms with Crippen molar-refractivity contribution in [2.75, 3.05) is 5.75 Å². The molecule has 0 spiro atoms. The van der Waals surface area contributed by atoms with E-state index in [0.29, 0.717) is 12.2 Å². The first-order valence-corrected chi connectivity index (χ1v) is 6.47. The van der Waals surface area contributed by atoms with E-state index in [1.54, 1.807) is 0 Å². The molecule has 0 unspecified atom stereocenters. The Balaban J connectivity index is 2.21. The van der Waals surface area contributed by atoms with E-state index < -0.39 is 5.97 Å². The van der Waals surface area contributed by atoms with E-state index in [2.05, 4.69) is 9.97 Å². The van der Waals surface area contributed by atoms with E-state index in [0.717, 1.165) is 29.3 Å². The molecule has 5 heteroatoms. The summed E-state index contributed by atoms with van der Waals surface area (Å²) in [7, 11) is 0. The smallest absolute Gasteiger partial charge is 0.303 e. The summed E-state index contributed by atoms with van der Waals surface area (Å²) in [6.45, 7) is 1.99. The monoisotopic (exact) mass is 238 g/mol. The van der Waals surface area contributed by atoms with Crippen molar-refractivity contribution in [1.82, 2.24) is 9.97 Å². The summed E-state index contributed by atoms with van der Waals surface area (Å²) in [5, 5.41) is 8.62. The number of aliphatic carboxylic acids is 1. The fourth-order valence-electron chi connectivity index (χ4n) is 1.84. The summed E-state index contributed by atoms with van der Waals surface area (Å²) >= 11 is 1.87. The maximum absolute atomic E-state index is 10.5. The van der Waals surface area contributed by atoms with Gasteiger partial charge in [-0.05, 0) is 24.7 Å². The van der Waals surface area contributed by atoms with Crippen LogP contribution < -0.4 is 0 Å². The van der Waals surface area contributed by atoms with E-state index >= 15 is 0 Å². The van der Waals surface area contributed by atoms with Gasteiger partial charge in [-0.1, -0.05) is 0 Å². The van der Waals surface area contributed by atoms with Crippen LogP contribution >= 0.6 is 11.8 Å². The van der Waals surface area contributed by atoms with Crippen molar-refractivity contribution < 1.29 is 9.90 Å². The van der Waals surface area contributed by atoms with Crippen LogP contribution in [0.4, 0.5) is 0 Å². The van der Waals surface area contributed by atoms with Gasteiger partial charge >= 0.3 is 5.97 Å². The lowest BCUT2D eigenvalue weighted by atomic mass is 10.1. The van der Waals surface area contributed by atoms with Crippen molar-refractivity contribution in [3.63, 3.8) is 0 Å². The molecule has 1 aromatic rings. The summed E-state index contributed by atoms with van der Waals surface area (Å²) in [6, 6.07) is 0. The van der Waals surface area contributed by atoms with Crippen LogP contribution in [0.15, 0.2) is 0 Å². The van der Waals surface area contributed by atoms with E-state index in [1.165, 1.54) is 5.56 Å². The summed E-state index contributed by atoms with van der Waals surface area (Å²) < 4.78 is 0. The number of rotatable bonds is 3. The predicted octanol–water partition coefficient (Wildman–Crippen LogP) is 1.59. The Kier molecular flexibility index (Phi) is 3.43. The van der Waals surface area contributed by atoms with Crippen LogP contribution in [0, 0.1) is 6.92 Å². The molecule has 0 atom stereocenters. The number of thioether (sulfide) groups is 1. The molecule has 2 heterocycles. The van der Waals surface area contributed by atoms with Gasteiger partial charge in [0, 0.05) is 17.9 Å². The van der Waals surface area contributed by atoms with Crippen LogP contribution in [0.1, 0.15) is 29.2 Å². The number of hydrogen-bond acceptors (Lipinski definition) is 4. The van der Waals surface area contributed by atoms with Gasteiger partial charge in [0.05, 0.1) is 12.1 Å². The van der Waals surface area contributed by atoms with E-state index in [4.69, 9.17) is 5.11 Å². The number of nitrogens with zero attached hydrogens (tertiary/aromatic N) is 2. The van der Waals surface area contributed by atoms with Crippen LogP contribution in [0.5, 0.6) is 0 Å². The zero-order chi connectivity index (χ0) is 11.5. The van der Waals surface area contributed by atoms with Crippen molar-refractivity contribution in [3.8, 4) is 0 Å². The summed E-state index contributed by atoms with van der Waals surface area (Å²) in [4.78, 5) is 19.3. The molecular weight excluding hydrogens is 224 g/mol. The lowest BCUT2D eigenvalue weighted by Crippen LogP contribution is -2.12. The normalized spacial score (nSPS) is 14.6. The zero-order valence-corrected chi connectivity index (χ0v) is 10.0. The molecule has 0 saturated carbocycles. The van der Waals surface area contributed by atoms with Crippen molar-refractivity contribution in [2.45, 2.75) is 31.9 Å². The zero-order valence-electron chi connectivity index (χ0n) is 9.19. The van der Waals surface area contributed by atoms with Crippen molar-refractivity contribution in [1.29, 1.82) is 0 Å². The molecule has 0 aliphatic carbocycles. The number of carboxylic acids is 1. The number of carboxylic acid groups (broad SMARTS) is 1. The van der Waals surface area contributed by atoms with E-state index in [9.17, 15) is 4.79 Å². The van der Waals surface area contributed by atoms with Gasteiger partial charge in [0.15, 0.2) is 0 Å². The number of carbonyl (C=O) groups is 1. The van der Waals surface area contributed by atoms with Crippen molar-refractivity contribution in [2.24, 2.45) is 0 Å². The van der Waals surface area contributed by atoms with Gasteiger partial charge in [0.25, 0.3) is 0 Å². The number of fused-ring (bicyclic) bond motifs is 1. The second-order valence-electron chi connectivity index (χ2n) is 3.85. The van der Waals surface area contributed by atoms with Gasteiger partial charge in [-0.2, -0.15) is 11.8 Å². The lowest BCUT2D eigenvalue weighted by Gasteiger charge is -2.17. The van der Waals surface area contributed by atoms with E-state index in [1.807, 2.05) is 18.7 Å². The van der Waals surface area contributed by atoms with Gasteiger partial charge in [-0.15, -0.1) is 0 Å². The molecule has 1 aromatic heterocycles. The van der Waals surface area contributed by atoms with E-state index in [-0.39, 0.29) is 6.42 Å². The van der Waals surface area contributed by atoms with Crippen LogP contribution in [0.3, 0.4) is 0 Å². The quantitative estimate of drug-likeness (QED) is 0.866. The van der Waals surface area contributed by atoms with Crippen LogP contribution in [0.25, 0.3) is 0 Å². The topological polar surface area (TPSA) is 63.1 Å². The largest absolute Gasteiger partial charge is 0.481 e. The van der Waals surface area contributed by atoms with Gasteiger partial charge in [0.1, 0.15) is 5.82 Å². The third-order valence-corrected chi connectivity index (χ3v) is 3.61. The highest BCUT2D eigenvalue weighted by Gasteiger charge is 2.15. The van der Waals surface area contributed by atoms with Gasteiger partial charge in [-0.25, -0.2) is 9.97 Å². The Morgan fingerprint density at radius 2 is 2.31 bits per heavy atom. The van der Waals surface area contributed by atoms with Crippen molar-refractivity contribution in [3.05, 3.63) is 22.8 Å². The van der Waals surface area contributed by atoms with Gasteiger partial charge < -0.3 is 5.11 Å².